The minimum Gasteiger partial charge on any atom is -0.382 e. The molecule has 5 N–H and O–H groups in total. The maximum absolute atomic E-state index is 13.5. The molecule has 0 saturated heterocycles. The first kappa shape index (κ1) is 39.3. The molecule has 15 nitrogen and oxygen atoms in total. The Morgan fingerprint density at radius 1 is 0.733 bits per heavy atom. The van der Waals surface area contributed by atoms with E-state index in [-0.39, 0.29) is 28.7 Å². The number of anilines is 2. The number of aromatic amines is 1. The Bertz CT molecular complexity index is 3160. The second-order valence-electron chi connectivity index (χ2n) is 13.5. The highest BCUT2D eigenvalue weighted by Crippen LogP contribution is 2.28. The Morgan fingerprint density at radius 2 is 1.38 bits per heavy atom. The number of pyridine rings is 1. The lowest BCUT2D eigenvalue weighted by Crippen LogP contribution is -2.34. The van der Waals surface area contributed by atoms with Crippen LogP contribution in [0.1, 0.15) is 47.9 Å². The monoisotopic (exact) mass is 836 g/mol. The molecule has 0 fully saturated rings. The zero-order valence-electron chi connectivity index (χ0n) is 31.9. The molecule has 17 heteroatoms. The first-order valence-electron chi connectivity index (χ1n) is 18.5. The number of H-pyrrole nitrogens is 1. The summed E-state index contributed by atoms with van der Waals surface area (Å²) in [6, 6.07) is 30.2. The fraction of sp³-hybridized carbons (Fsp3) is 0.0930. The van der Waals surface area contributed by atoms with Gasteiger partial charge in [0.15, 0.2) is 23.0 Å². The van der Waals surface area contributed by atoms with Gasteiger partial charge < -0.3 is 21.4 Å². The molecular weight excluding hydrogens is 803 g/mol. The van der Waals surface area contributed by atoms with Crippen LogP contribution in [0.3, 0.4) is 0 Å². The normalized spacial score (nSPS) is 12.1. The number of hydrogen-bond donors (Lipinski definition) is 4. The number of nitrogens with two attached hydrogens (primary N) is 1. The summed E-state index contributed by atoms with van der Waals surface area (Å²) < 4.78 is 3.14. The highest BCUT2D eigenvalue weighted by Gasteiger charge is 2.23. The van der Waals surface area contributed by atoms with Crippen molar-refractivity contribution in [1.82, 2.24) is 49.3 Å². The number of nitrogens with zero attached hydrogens (tertiary/aromatic N) is 8. The van der Waals surface area contributed by atoms with Crippen LogP contribution in [0.5, 0.6) is 0 Å². The van der Waals surface area contributed by atoms with Gasteiger partial charge in [0, 0.05) is 23.8 Å². The van der Waals surface area contributed by atoms with E-state index in [1.807, 2.05) is 73.7 Å². The van der Waals surface area contributed by atoms with Crippen molar-refractivity contribution >= 4 is 73.6 Å². The third-order valence-electron chi connectivity index (χ3n) is 9.62. The Balaban J connectivity index is 0.000000166. The van der Waals surface area contributed by atoms with Crippen molar-refractivity contribution in [3.63, 3.8) is 0 Å². The number of nitrogens with one attached hydrogen (secondary N) is 3. The van der Waals surface area contributed by atoms with Crippen molar-refractivity contribution in [2.75, 3.05) is 11.1 Å². The maximum atomic E-state index is 13.5. The van der Waals surface area contributed by atoms with Crippen LogP contribution in [0, 0.1) is 0 Å². The number of imidazole rings is 1. The third-order valence-corrected chi connectivity index (χ3v) is 10.3. The summed E-state index contributed by atoms with van der Waals surface area (Å²) in [6.07, 6.45) is 5.82. The summed E-state index contributed by atoms with van der Waals surface area (Å²) in [5.41, 5.74) is 9.14. The number of hydrogen-bond acceptors (Lipinski definition) is 11. The summed E-state index contributed by atoms with van der Waals surface area (Å²) in [7, 11) is 0. The minimum absolute atomic E-state index is 0.00166. The number of benzene rings is 4. The van der Waals surface area contributed by atoms with E-state index in [1.165, 1.54) is 23.3 Å². The van der Waals surface area contributed by atoms with Gasteiger partial charge in [-0.2, -0.15) is 0 Å². The number of carbonyl (C=O) groups is 1. The van der Waals surface area contributed by atoms with E-state index in [9.17, 15) is 14.4 Å². The zero-order valence-corrected chi connectivity index (χ0v) is 33.4. The molecule has 0 spiro atoms. The van der Waals surface area contributed by atoms with Crippen molar-refractivity contribution in [3.8, 4) is 11.4 Å². The van der Waals surface area contributed by atoms with Crippen molar-refractivity contribution in [2.24, 2.45) is 0 Å². The highest BCUT2D eigenvalue weighted by molar-refractivity contribution is 6.35. The van der Waals surface area contributed by atoms with Gasteiger partial charge >= 0.3 is 0 Å². The number of carbonyl (C=O) groups excluding carboxylic acids is 1. The molecule has 298 valence electrons. The SMILES string of the molecule is C[C@H](NC(=O)c1nccnc1N)c1nc2cccc(Cl)c2c(=O)n1-c1ccccc1.C[C@H](Nc1ncnc2nc[nH]c12)c1cc2cccc(Cl)c2c(=O)n1-c1ccccc1. The van der Waals surface area contributed by atoms with E-state index in [0.717, 1.165) is 16.8 Å². The summed E-state index contributed by atoms with van der Waals surface area (Å²) in [6.45, 7) is 3.71. The molecule has 5 aromatic heterocycles. The Morgan fingerprint density at radius 3 is 2.10 bits per heavy atom. The highest BCUT2D eigenvalue weighted by atomic mass is 35.5. The van der Waals surface area contributed by atoms with Crippen LogP contribution in [0.4, 0.5) is 11.6 Å². The summed E-state index contributed by atoms with van der Waals surface area (Å²) in [5.74, 6) is 0.453. The first-order chi connectivity index (χ1) is 29.1. The van der Waals surface area contributed by atoms with E-state index in [2.05, 4.69) is 45.5 Å². The van der Waals surface area contributed by atoms with Gasteiger partial charge in [-0.3, -0.25) is 23.5 Å². The van der Waals surface area contributed by atoms with Crippen LogP contribution in [0.2, 0.25) is 10.0 Å². The molecule has 60 heavy (non-hydrogen) atoms. The van der Waals surface area contributed by atoms with Crippen molar-refractivity contribution < 1.29 is 4.79 Å². The predicted octanol–water partition coefficient (Wildman–Crippen LogP) is 7.39. The molecule has 0 saturated carbocycles. The molecule has 0 unspecified atom stereocenters. The number of para-hydroxylation sites is 2. The minimum atomic E-state index is -0.643. The lowest BCUT2D eigenvalue weighted by atomic mass is 10.1. The van der Waals surface area contributed by atoms with Crippen LogP contribution >= 0.6 is 23.2 Å². The second kappa shape index (κ2) is 16.8. The van der Waals surface area contributed by atoms with E-state index in [1.54, 1.807) is 54.2 Å². The fourth-order valence-electron chi connectivity index (χ4n) is 6.83. The number of amides is 1. The fourth-order valence-corrected chi connectivity index (χ4v) is 7.35. The molecule has 1 amide bonds. The molecule has 0 aliphatic heterocycles. The standard InChI is InChI=1S/C22H17ClN6O.C21H17ClN6O2/c1-13(28-21-19-20(25-11-24-19)26-12-27-21)17-10-14-6-5-9-16(23)18(14)22(30)29(17)15-7-3-2-4-8-15;1-12(26-20(29)17-18(23)25-11-10-24-17)19-27-15-9-5-8-14(22)16(15)21(30)28(19)13-6-3-2-4-7-13/h2-13H,1H3,(H2,24,25,26,27,28);2-12H,1H3,(H2,23,25)(H,26,29)/t13-;12-/m00/s1. The Labute approximate surface area is 351 Å². The molecule has 0 radical (unpaired) electrons. The van der Waals surface area contributed by atoms with Crippen molar-refractivity contribution in [1.29, 1.82) is 0 Å². The van der Waals surface area contributed by atoms with Crippen LogP contribution in [0.15, 0.2) is 138 Å². The molecular formula is C43H34Cl2N12O3. The van der Waals surface area contributed by atoms with Gasteiger partial charge in [0.05, 0.1) is 50.4 Å². The molecule has 4 aromatic carbocycles. The lowest BCUT2D eigenvalue weighted by molar-refractivity contribution is 0.0933. The van der Waals surface area contributed by atoms with Gasteiger partial charge in [0.25, 0.3) is 17.0 Å². The van der Waals surface area contributed by atoms with E-state index in [0.29, 0.717) is 54.8 Å². The Kier molecular flexibility index (Phi) is 11.0. The number of aromatic nitrogens is 9. The van der Waals surface area contributed by atoms with Gasteiger partial charge in [-0.25, -0.2) is 29.9 Å². The molecule has 0 bridgehead atoms. The summed E-state index contributed by atoms with van der Waals surface area (Å²) in [5, 5.41) is 8.52. The molecule has 9 rings (SSSR count). The number of nitrogen functional groups attached to an aromatic ring is 1. The van der Waals surface area contributed by atoms with Crippen LogP contribution in [-0.2, 0) is 0 Å². The largest absolute Gasteiger partial charge is 0.382 e. The van der Waals surface area contributed by atoms with E-state index < -0.39 is 11.9 Å². The van der Waals surface area contributed by atoms with Gasteiger partial charge in [-0.1, -0.05) is 77.8 Å². The van der Waals surface area contributed by atoms with Gasteiger partial charge in [0.1, 0.15) is 17.7 Å². The number of halogens is 2. The first-order valence-corrected chi connectivity index (χ1v) is 19.3. The number of fused-ring (bicyclic) bond motifs is 3. The van der Waals surface area contributed by atoms with Gasteiger partial charge in [-0.15, -0.1) is 0 Å². The van der Waals surface area contributed by atoms with Gasteiger partial charge in [-0.05, 0) is 67.8 Å². The smallest absolute Gasteiger partial charge is 0.274 e. The molecule has 0 aliphatic carbocycles. The molecule has 9 aromatic rings. The van der Waals surface area contributed by atoms with E-state index in [4.69, 9.17) is 28.9 Å². The van der Waals surface area contributed by atoms with Gasteiger partial charge in [0.2, 0.25) is 0 Å². The summed E-state index contributed by atoms with van der Waals surface area (Å²) >= 11 is 12.7. The Hall–Kier alpha value is -7.49. The van der Waals surface area contributed by atoms with E-state index >= 15 is 0 Å². The molecule has 0 aliphatic rings. The average Bonchev–Trinajstić information content (AvgIpc) is 3.75. The second-order valence-corrected chi connectivity index (χ2v) is 14.3. The zero-order chi connectivity index (χ0) is 41.9. The third kappa shape index (κ3) is 7.62. The maximum Gasteiger partial charge on any atom is 0.274 e. The molecule has 2 atom stereocenters. The lowest BCUT2D eigenvalue weighted by Gasteiger charge is -2.21. The average molecular weight is 838 g/mol. The quantitative estimate of drug-likeness (QED) is 0.119. The molecule has 5 heterocycles. The van der Waals surface area contributed by atoms with Crippen LogP contribution in [-0.4, -0.2) is 49.9 Å². The van der Waals surface area contributed by atoms with Crippen LogP contribution in [0.25, 0.3) is 44.2 Å². The van der Waals surface area contributed by atoms with Crippen molar-refractivity contribution in [2.45, 2.75) is 25.9 Å². The number of rotatable bonds is 8. The van der Waals surface area contributed by atoms with Crippen LogP contribution < -0.4 is 27.5 Å². The predicted molar refractivity (Wildman–Crippen MR) is 233 cm³/mol. The topological polar surface area (TPSA) is 204 Å². The van der Waals surface area contributed by atoms with Crippen molar-refractivity contribution in [3.05, 3.63) is 176 Å². The summed E-state index contributed by atoms with van der Waals surface area (Å²) in [4.78, 5) is 67.8.